The standard InChI is InChI=1S/C33H44N4O5/c1-34-29(38)13-12-27(36-42-19-30(39)40)32-33(41)37(28-11-3-2-10-26(28)35-32)25-17-22-8-5-9-23(18-25)31(22)24-15-20-6-4-7-21(14-20)16-24/h2-3,10-11,20-25,31H,4-9,12-19H2,1H3,(H,34,38)(H,39,40)/b36-27+/t20-,21+,22-,23+,24?,25+,31+. The topological polar surface area (TPSA) is 123 Å². The van der Waals surface area contributed by atoms with Crippen molar-refractivity contribution in [2.24, 2.45) is 40.7 Å². The van der Waals surface area contributed by atoms with E-state index in [2.05, 4.69) is 10.5 Å². The molecule has 4 aliphatic carbocycles. The highest BCUT2D eigenvalue weighted by atomic mass is 16.6. The maximum atomic E-state index is 14.3. The number of carboxylic acids is 1. The van der Waals surface area contributed by atoms with Crippen LogP contribution in [-0.4, -0.2) is 45.9 Å². The summed E-state index contributed by atoms with van der Waals surface area (Å²) in [6.07, 6.45) is 14.5. The zero-order valence-corrected chi connectivity index (χ0v) is 24.7. The molecular weight excluding hydrogens is 532 g/mol. The Balaban J connectivity index is 1.34. The molecule has 0 aliphatic heterocycles. The van der Waals surface area contributed by atoms with Crippen LogP contribution in [0.1, 0.15) is 95.2 Å². The smallest absolute Gasteiger partial charge is 0.344 e. The Kier molecular flexibility index (Phi) is 8.63. The molecule has 6 rings (SSSR count). The first-order valence-electron chi connectivity index (χ1n) is 16.0. The first kappa shape index (κ1) is 28.9. The maximum Gasteiger partial charge on any atom is 0.344 e. The van der Waals surface area contributed by atoms with Gasteiger partial charge in [0.05, 0.1) is 11.0 Å². The highest BCUT2D eigenvalue weighted by molar-refractivity contribution is 6.01. The van der Waals surface area contributed by atoms with Gasteiger partial charge in [-0.1, -0.05) is 55.8 Å². The SMILES string of the molecule is CNC(=O)CC/C(=N\OCC(=O)O)c1nc2ccccc2n([C@H]2C[C@H]3CCC[C@@H](C2)[C@H]3C2C[C@H]3CCC[C@@H](C2)C3)c1=O. The van der Waals surface area contributed by atoms with Gasteiger partial charge in [-0.25, -0.2) is 9.78 Å². The van der Waals surface area contributed by atoms with Crippen LogP contribution in [0.25, 0.3) is 11.0 Å². The summed E-state index contributed by atoms with van der Waals surface area (Å²) >= 11 is 0. The lowest BCUT2D eigenvalue weighted by atomic mass is 9.54. The summed E-state index contributed by atoms with van der Waals surface area (Å²) in [7, 11) is 1.55. The van der Waals surface area contributed by atoms with E-state index in [9.17, 15) is 14.4 Å². The van der Waals surface area contributed by atoms with E-state index >= 15 is 0 Å². The second kappa shape index (κ2) is 12.6. The number of hydrogen-bond acceptors (Lipinski definition) is 6. The van der Waals surface area contributed by atoms with Crippen molar-refractivity contribution in [3.63, 3.8) is 0 Å². The molecule has 1 aromatic carbocycles. The number of amides is 1. The minimum absolute atomic E-state index is 0.0684. The van der Waals surface area contributed by atoms with Gasteiger partial charge in [-0.15, -0.1) is 0 Å². The molecule has 0 radical (unpaired) electrons. The van der Waals surface area contributed by atoms with Crippen LogP contribution < -0.4 is 10.9 Å². The fraction of sp³-hybridized carbons (Fsp3) is 0.667. The Morgan fingerprint density at radius 3 is 2.36 bits per heavy atom. The van der Waals surface area contributed by atoms with Gasteiger partial charge in [0.1, 0.15) is 5.71 Å². The van der Waals surface area contributed by atoms with Gasteiger partial charge in [0.25, 0.3) is 5.56 Å². The van der Waals surface area contributed by atoms with E-state index < -0.39 is 12.6 Å². The van der Waals surface area contributed by atoms with Crippen LogP contribution in [0.3, 0.4) is 0 Å². The van der Waals surface area contributed by atoms with Gasteiger partial charge in [-0.2, -0.15) is 0 Å². The molecule has 7 atom stereocenters. The number of rotatable bonds is 9. The van der Waals surface area contributed by atoms with Crippen LogP contribution in [0.2, 0.25) is 0 Å². The molecule has 1 amide bonds. The number of fused-ring (bicyclic) bond motifs is 5. The maximum absolute atomic E-state index is 14.3. The molecule has 4 bridgehead atoms. The van der Waals surface area contributed by atoms with Gasteiger partial charge in [0.15, 0.2) is 5.69 Å². The number of para-hydroxylation sites is 2. The van der Waals surface area contributed by atoms with E-state index in [-0.39, 0.29) is 41.8 Å². The fourth-order valence-corrected chi connectivity index (χ4v) is 9.27. The molecule has 1 unspecified atom stereocenters. The molecule has 9 nitrogen and oxygen atoms in total. The van der Waals surface area contributed by atoms with Crippen LogP contribution in [-0.2, 0) is 14.4 Å². The van der Waals surface area contributed by atoms with Crippen molar-refractivity contribution < 1.29 is 19.5 Å². The number of carbonyl (C=O) groups is 2. The van der Waals surface area contributed by atoms with Gasteiger partial charge in [0, 0.05) is 25.9 Å². The lowest BCUT2D eigenvalue weighted by molar-refractivity contribution is -0.142. The largest absolute Gasteiger partial charge is 0.479 e. The van der Waals surface area contributed by atoms with E-state index in [0.717, 1.165) is 42.0 Å². The Morgan fingerprint density at radius 1 is 0.976 bits per heavy atom. The number of carboxylic acid groups (broad SMARTS) is 1. The number of aliphatic carboxylic acids is 1. The highest BCUT2D eigenvalue weighted by Gasteiger charge is 2.47. The zero-order valence-electron chi connectivity index (χ0n) is 24.7. The van der Waals surface area contributed by atoms with Crippen molar-refractivity contribution >= 4 is 28.6 Å². The highest BCUT2D eigenvalue weighted by Crippen LogP contribution is 2.56. The summed E-state index contributed by atoms with van der Waals surface area (Å²) in [6.45, 7) is -0.637. The molecule has 1 heterocycles. The van der Waals surface area contributed by atoms with Crippen molar-refractivity contribution in [2.45, 2.75) is 89.5 Å². The Morgan fingerprint density at radius 2 is 1.67 bits per heavy atom. The Bertz CT molecular complexity index is 1380. The van der Waals surface area contributed by atoms with Crippen LogP contribution in [0, 0.1) is 35.5 Å². The molecular formula is C33H44N4O5. The summed E-state index contributed by atoms with van der Waals surface area (Å²) in [6, 6.07) is 7.79. The van der Waals surface area contributed by atoms with Gasteiger partial charge in [-0.05, 0) is 79.7 Å². The Labute approximate surface area is 247 Å². The van der Waals surface area contributed by atoms with Crippen molar-refractivity contribution in [1.82, 2.24) is 14.9 Å². The van der Waals surface area contributed by atoms with Gasteiger partial charge in [-0.3, -0.25) is 9.59 Å². The molecule has 42 heavy (non-hydrogen) atoms. The van der Waals surface area contributed by atoms with Gasteiger partial charge < -0.3 is 19.8 Å². The van der Waals surface area contributed by atoms with Crippen LogP contribution in [0.5, 0.6) is 0 Å². The first-order chi connectivity index (χ1) is 20.4. The number of benzene rings is 1. The average Bonchev–Trinajstić information content (AvgIpc) is 2.97. The summed E-state index contributed by atoms with van der Waals surface area (Å²) in [5.74, 6) is 3.34. The zero-order chi connectivity index (χ0) is 29.2. The minimum atomic E-state index is -1.17. The molecule has 4 aliphatic rings. The second-order valence-corrected chi connectivity index (χ2v) is 13.3. The van der Waals surface area contributed by atoms with E-state index in [0.29, 0.717) is 17.4 Å². The monoisotopic (exact) mass is 576 g/mol. The molecule has 0 spiro atoms. The van der Waals surface area contributed by atoms with Gasteiger partial charge in [0.2, 0.25) is 12.5 Å². The summed E-state index contributed by atoms with van der Waals surface area (Å²) in [5.41, 5.74) is 1.60. The van der Waals surface area contributed by atoms with E-state index in [1.54, 1.807) is 7.05 Å². The lowest BCUT2D eigenvalue weighted by Crippen LogP contribution is -2.45. The molecule has 2 N–H and O–H groups in total. The number of nitrogens with one attached hydrogen (secondary N) is 1. The lowest BCUT2D eigenvalue weighted by Gasteiger charge is -2.52. The summed E-state index contributed by atoms with van der Waals surface area (Å²) in [4.78, 5) is 47.2. The molecule has 226 valence electrons. The molecule has 1 aromatic heterocycles. The van der Waals surface area contributed by atoms with Gasteiger partial charge >= 0.3 is 5.97 Å². The summed E-state index contributed by atoms with van der Waals surface area (Å²) in [5, 5.41) is 15.7. The van der Waals surface area contributed by atoms with Crippen LogP contribution >= 0.6 is 0 Å². The molecule has 2 aromatic rings. The third kappa shape index (κ3) is 5.97. The predicted octanol–water partition coefficient (Wildman–Crippen LogP) is 5.31. The quantitative estimate of drug-likeness (QED) is 0.308. The van der Waals surface area contributed by atoms with Crippen molar-refractivity contribution in [3.05, 3.63) is 40.3 Å². The number of aromatic nitrogens is 2. The molecule has 0 saturated heterocycles. The fourth-order valence-electron chi connectivity index (χ4n) is 9.27. The van der Waals surface area contributed by atoms with Crippen molar-refractivity contribution in [2.75, 3.05) is 13.7 Å². The first-order valence-corrected chi connectivity index (χ1v) is 16.0. The van der Waals surface area contributed by atoms with E-state index in [4.69, 9.17) is 14.9 Å². The molecule has 4 saturated carbocycles. The normalized spacial score (nSPS) is 31.0. The predicted molar refractivity (Wildman–Crippen MR) is 160 cm³/mol. The number of oxime groups is 1. The van der Waals surface area contributed by atoms with Crippen molar-refractivity contribution in [3.8, 4) is 0 Å². The van der Waals surface area contributed by atoms with E-state index in [1.165, 1.54) is 57.8 Å². The summed E-state index contributed by atoms with van der Waals surface area (Å²) < 4.78 is 1.95. The van der Waals surface area contributed by atoms with Crippen LogP contribution in [0.4, 0.5) is 0 Å². The van der Waals surface area contributed by atoms with E-state index in [1.807, 2.05) is 28.8 Å². The average molecular weight is 577 g/mol. The second-order valence-electron chi connectivity index (χ2n) is 13.3. The van der Waals surface area contributed by atoms with Crippen LogP contribution in [0.15, 0.2) is 34.2 Å². The number of carbonyl (C=O) groups excluding carboxylic acids is 1. The number of hydrogen-bond donors (Lipinski definition) is 2. The third-order valence-corrected chi connectivity index (χ3v) is 10.8. The van der Waals surface area contributed by atoms with Crippen molar-refractivity contribution in [1.29, 1.82) is 0 Å². The molecule has 9 heteroatoms. The Hall–Kier alpha value is -3.23. The third-order valence-electron chi connectivity index (χ3n) is 10.8. The number of nitrogens with zero attached hydrogens (tertiary/aromatic N) is 3. The minimum Gasteiger partial charge on any atom is -0.479 e. The molecule has 4 fully saturated rings.